The molecule has 0 saturated heterocycles. The van der Waals surface area contributed by atoms with Gasteiger partial charge in [-0.25, -0.2) is 0 Å². The van der Waals surface area contributed by atoms with Crippen LogP contribution in [-0.2, 0) is 13.1 Å². The van der Waals surface area contributed by atoms with Gasteiger partial charge in [0.2, 0.25) is 0 Å². The number of hydrogen-bond acceptors (Lipinski definition) is 4. The number of ketones is 1. The van der Waals surface area contributed by atoms with Crippen LogP contribution >= 0.6 is 11.3 Å². The number of nitrogens with one attached hydrogen (secondary N) is 1. The molecule has 2 rings (SSSR count). The van der Waals surface area contributed by atoms with Crippen molar-refractivity contribution in [2.45, 2.75) is 20.0 Å². The molecule has 116 valence electrons. The second-order valence-corrected chi connectivity index (χ2v) is 6.49. The summed E-state index contributed by atoms with van der Waals surface area (Å²) in [6.07, 6.45) is 0. The molecule has 0 atom stereocenters. The first-order chi connectivity index (χ1) is 10.5. The summed E-state index contributed by atoms with van der Waals surface area (Å²) in [5.74, 6) is -0.155. The van der Waals surface area contributed by atoms with Crippen molar-refractivity contribution in [3.05, 3.63) is 57.3 Å². The zero-order valence-electron chi connectivity index (χ0n) is 13.1. The minimum absolute atomic E-state index is 0.0135. The number of carbonyl (C=O) groups is 2. The Balaban J connectivity index is 2.03. The average Bonchev–Trinajstić information content (AvgIpc) is 2.95. The van der Waals surface area contributed by atoms with Crippen molar-refractivity contribution in [3.63, 3.8) is 0 Å². The maximum Gasteiger partial charge on any atom is 0.261 e. The van der Waals surface area contributed by atoms with Gasteiger partial charge in [-0.05, 0) is 44.3 Å². The van der Waals surface area contributed by atoms with Crippen LogP contribution in [-0.4, -0.2) is 30.7 Å². The van der Waals surface area contributed by atoms with Crippen molar-refractivity contribution in [3.8, 4) is 0 Å². The van der Waals surface area contributed by atoms with E-state index in [0.717, 1.165) is 12.1 Å². The van der Waals surface area contributed by atoms with Crippen molar-refractivity contribution < 1.29 is 9.59 Å². The Morgan fingerprint density at radius 2 is 1.68 bits per heavy atom. The zero-order valence-corrected chi connectivity index (χ0v) is 13.9. The first-order valence-corrected chi connectivity index (χ1v) is 7.89. The summed E-state index contributed by atoms with van der Waals surface area (Å²) in [7, 11) is 4.04. The molecule has 0 saturated carbocycles. The highest BCUT2D eigenvalue weighted by atomic mass is 32.1. The van der Waals surface area contributed by atoms with E-state index in [-0.39, 0.29) is 11.7 Å². The van der Waals surface area contributed by atoms with Gasteiger partial charge in [0.25, 0.3) is 5.91 Å². The number of amides is 1. The molecule has 1 amide bonds. The number of rotatable bonds is 6. The lowest BCUT2D eigenvalue weighted by Gasteiger charge is -2.14. The van der Waals surface area contributed by atoms with Gasteiger partial charge in [0.05, 0.1) is 9.75 Å². The van der Waals surface area contributed by atoms with Crippen LogP contribution in [0.5, 0.6) is 0 Å². The second-order valence-electron chi connectivity index (χ2n) is 5.41. The van der Waals surface area contributed by atoms with E-state index in [9.17, 15) is 9.59 Å². The highest BCUT2D eigenvalue weighted by Crippen LogP contribution is 2.17. The first-order valence-electron chi connectivity index (χ1n) is 7.08. The number of carbonyl (C=O) groups excluding carboxylic acids is 2. The molecule has 0 aliphatic carbocycles. The van der Waals surface area contributed by atoms with E-state index in [4.69, 9.17) is 0 Å². The summed E-state index contributed by atoms with van der Waals surface area (Å²) < 4.78 is 0. The van der Waals surface area contributed by atoms with Crippen LogP contribution in [0.3, 0.4) is 0 Å². The highest BCUT2D eigenvalue weighted by molar-refractivity contribution is 7.15. The van der Waals surface area contributed by atoms with Gasteiger partial charge in [-0.1, -0.05) is 24.3 Å². The number of hydrogen-bond donors (Lipinski definition) is 1. The molecule has 0 unspecified atom stereocenters. The maximum atomic E-state index is 12.2. The van der Waals surface area contributed by atoms with Crippen LogP contribution in [0.1, 0.15) is 37.4 Å². The van der Waals surface area contributed by atoms with E-state index < -0.39 is 0 Å². The van der Waals surface area contributed by atoms with Crippen molar-refractivity contribution in [2.75, 3.05) is 14.1 Å². The smallest absolute Gasteiger partial charge is 0.261 e. The van der Waals surface area contributed by atoms with Crippen molar-refractivity contribution in [2.24, 2.45) is 0 Å². The molecular weight excluding hydrogens is 296 g/mol. The molecule has 0 bridgehead atoms. The van der Waals surface area contributed by atoms with E-state index in [1.54, 1.807) is 12.1 Å². The minimum atomic E-state index is -0.142. The van der Waals surface area contributed by atoms with E-state index in [2.05, 4.69) is 16.3 Å². The van der Waals surface area contributed by atoms with Gasteiger partial charge < -0.3 is 10.2 Å². The van der Waals surface area contributed by atoms with Gasteiger partial charge in [0.1, 0.15) is 0 Å². The van der Waals surface area contributed by atoms with Crippen LogP contribution in [0.2, 0.25) is 0 Å². The van der Waals surface area contributed by atoms with E-state index in [1.807, 2.05) is 32.3 Å². The molecule has 5 heteroatoms. The lowest BCUT2D eigenvalue weighted by Crippen LogP contribution is -2.23. The Bertz CT molecular complexity index is 677. The molecule has 0 aliphatic heterocycles. The SMILES string of the molecule is CC(=O)c1ccc(C(=O)NCc2ccccc2CN(C)C)s1. The Hall–Kier alpha value is -1.98. The molecule has 1 aromatic heterocycles. The second kappa shape index (κ2) is 7.33. The fourth-order valence-corrected chi connectivity index (χ4v) is 2.95. The molecule has 0 spiro atoms. The lowest BCUT2D eigenvalue weighted by atomic mass is 10.1. The quantitative estimate of drug-likeness (QED) is 0.834. The van der Waals surface area contributed by atoms with E-state index in [1.165, 1.54) is 23.8 Å². The normalized spacial score (nSPS) is 10.7. The van der Waals surface area contributed by atoms with Crippen LogP contribution in [0.15, 0.2) is 36.4 Å². The van der Waals surface area contributed by atoms with Gasteiger partial charge >= 0.3 is 0 Å². The predicted octanol–water partition coefficient (Wildman–Crippen LogP) is 2.94. The molecule has 1 heterocycles. The van der Waals surface area contributed by atoms with Crippen molar-refractivity contribution >= 4 is 23.0 Å². The Morgan fingerprint density at radius 1 is 1.05 bits per heavy atom. The van der Waals surface area contributed by atoms with Crippen LogP contribution in [0.25, 0.3) is 0 Å². The third-order valence-corrected chi connectivity index (χ3v) is 4.41. The van der Waals surface area contributed by atoms with E-state index >= 15 is 0 Å². The minimum Gasteiger partial charge on any atom is -0.347 e. The van der Waals surface area contributed by atoms with Gasteiger partial charge in [-0.15, -0.1) is 11.3 Å². The Kier molecular flexibility index (Phi) is 5.46. The van der Waals surface area contributed by atoms with Gasteiger partial charge in [0.15, 0.2) is 5.78 Å². The molecule has 4 nitrogen and oxygen atoms in total. The van der Waals surface area contributed by atoms with E-state index in [0.29, 0.717) is 16.3 Å². The zero-order chi connectivity index (χ0) is 16.1. The summed E-state index contributed by atoms with van der Waals surface area (Å²) in [4.78, 5) is 26.7. The fraction of sp³-hybridized carbons (Fsp3) is 0.294. The van der Waals surface area contributed by atoms with Crippen molar-refractivity contribution in [1.82, 2.24) is 10.2 Å². The van der Waals surface area contributed by atoms with Crippen LogP contribution in [0, 0.1) is 0 Å². The average molecular weight is 316 g/mol. The largest absolute Gasteiger partial charge is 0.347 e. The summed E-state index contributed by atoms with van der Waals surface area (Å²) >= 11 is 1.23. The fourth-order valence-electron chi connectivity index (χ4n) is 2.14. The summed E-state index contributed by atoms with van der Waals surface area (Å²) in [6.45, 7) is 2.82. The molecule has 0 radical (unpaired) electrons. The van der Waals surface area contributed by atoms with Crippen LogP contribution < -0.4 is 5.32 Å². The predicted molar refractivity (Wildman–Crippen MR) is 89.3 cm³/mol. The highest BCUT2D eigenvalue weighted by Gasteiger charge is 2.12. The first kappa shape index (κ1) is 16.4. The number of thiophene rings is 1. The Labute approximate surface area is 134 Å². The summed E-state index contributed by atoms with van der Waals surface area (Å²) in [5.41, 5.74) is 2.30. The van der Waals surface area contributed by atoms with Gasteiger partial charge in [-0.2, -0.15) is 0 Å². The third kappa shape index (κ3) is 4.26. The standard InChI is InChI=1S/C17H20N2O2S/c1-12(20)15-8-9-16(22-15)17(21)18-10-13-6-4-5-7-14(13)11-19(2)3/h4-9H,10-11H2,1-3H3,(H,18,21). The molecule has 0 fully saturated rings. The monoisotopic (exact) mass is 316 g/mol. The van der Waals surface area contributed by atoms with Gasteiger partial charge in [0, 0.05) is 13.1 Å². The summed E-state index contributed by atoms with van der Waals surface area (Å²) in [6, 6.07) is 11.5. The molecular formula is C17H20N2O2S. The molecule has 0 aliphatic rings. The van der Waals surface area contributed by atoms with Gasteiger partial charge in [-0.3, -0.25) is 9.59 Å². The number of nitrogens with zero attached hydrogens (tertiary/aromatic N) is 1. The number of Topliss-reactive ketones (excluding diaryl/α,β-unsaturated/α-hetero) is 1. The molecule has 1 N–H and O–H groups in total. The third-order valence-electron chi connectivity index (χ3n) is 3.22. The number of benzene rings is 1. The van der Waals surface area contributed by atoms with Crippen molar-refractivity contribution in [1.29, 1.82) is 0 Å². The Morgan fingerprint density at radius 3 is 2.27 bits per heavy atom. The van der Waals surface area contributed by atoms with Crippen LogP contribution in [0.4, 0.5) is 0 Å². The molecule has 22 heavy (non-hydrogen) atoms. The molecule has 2 aromatic rings. The molecule has 1 aromatic carbocycles. The lowest BCUT2D eigenvalue weighted by molar-refractivity contribution is 0.0954. The maximum absolute atomic E-state index is 12.2. The topological polar surface area (TPSA) is 49.4 Å². The summed E-state index contributed by atoms with van der Waals surface area (Å²) in [5, 5.41) is 2.92.